The third-order valence-corrected chi connectivity index (χ3v) is 4.86. The number of fused-ring (bicyclic) bond motifs is 1. The molecule has 3 rings (SSSR count). The Morgan fingerprint density at radius 2 is 2.12 bits per heavy atom. The summed E-state index contributed by atoms with van der Waals surface area (Å²) in [4.78, 5) is 18.5. The lowest BCUT2D eigenvalue weighted by Crippen LogP contribution is -2.48. The summed E-state index contributed by atoms with van der Waals surface area (Å²) >= 11 is 0. The van der Waals surface area contributed by atoms with Gasteiger partial charge in [0.2, 0.25) is 0 Å². The molecule has 1 aromatic heterocycles. The first-order chi connectivity index (χ1) is 12.3. The van der Waals surface area contributed by atoms with Crippen LogP contribution in [0.5, 0.6) is 0 Å². The summed E-state index contributed by atoms with van der Waals surface area (Å²) in [5.41, 5.74) is 2.87. The molecule has 0 unspecified atom stereocenters. The topological polar surface area (TPSA) is 62.2 Å². The van der Waals surface area contributed by atoms with Crippen molar-refractivity contribution in [2.45, 2.75) is 38.9 Å². The smallest absolute Gasteiger partial charge is 0.314 e. The van der Waals surface area contributed by atoms with Gasteiger partial charge in [0.25, 0.3) is 0 Å². The zero-order chi connectivity index (χ0) is 17.5. The van der Waals surface area contributed by atoms with Crippen molar-refractivity contribution in [1.29, 1.82) is 0 Å². The SMILES string of the molecule is CC[C@@H](CNC(=O)NCCn1ccnc1)N1CCc2ccccc2C1. The van der Waals surface area contributed by atoms with Gasteiger partial charge < -0.3 is 15.2 Å². The van der Waals surface area contributed by atoms with E-state index in [0.717, 1.165) is 32.5 Å². The van der Waals surface area contributed by atoms with Crippen molar-refractivity contribution in [3.05, 3.63) is 54.1 Å². The first-order valence-electron chi connectivity index (χ1n) is 9.04. The van der Waals surface area contributed by atoms with E-state index < -0.39 is 0 Å². The second-order valence-corrected chi connectivity index (χ2v) is 6.49. The zero-order valence-electron chi connectivity index (χ0n) is 14.8. The first-order valence-corrected chi connectivity index (χ1v) is 9.04. The van der Waals surface area contributed by atoms with Crippen LogP contribution in [0.2, 0.25) is 0 Å². The number of nitrogens with one attached hydrogen (secondary N) is 2. The molecule has 1 aromatic carbocycles. The predicted molar refractivity (Wildman–Crippen MR) is 98.3 cm³/mol. The monoisotopic (exact) mass is 341 g/mol. The maximum Gasteiger partial charge on any atom is 0.314 e. The number of nitrogens with zero attached hydrogens (tertiary/aromatic N) is 3. The van der Waals surface area contributed by atoms with Crippen LogP contribution in [-0.4, -0.2) is 46.2 Å². The molecule has 2 aromatic rings. The van der Waals surface area contributed by atoms with E-state index in [0.29, 0.717) is 19.1 Å². The lowest BCUT2D eigenvalue weighted by atomic mass is 9.98. The van der Waals surface area contributed by atoms with Crippen LogP contribution in [0, 0.1) is 0 Å². The maximum absolute atomic E-state index is 12.0. The summed E-state index contributed by atoms with van der Waals surface area (Å²) in [5, 5.41) is 5.92. The molecule has 25 heavy (non-hydrogen) atoms. The number of benzene rings is 1. The fourth-order valence-corrected chi connectivity index (χ4v) is 3.35. The lowest BCUT2D eigenvalue weighted by Gasteiger charge is -2.35. The van der Waals surface area contributed by atoms with Crippen LogP contribution in [0.25, 0.3) is 0 Å². The van der Waals surface area contributed by atoms with Crippen molar-refractivity contribution >= 4 is 6.03 Å². The van der Waals surface area contributed by atoms with Gasteiger partial charge in [-0.2, -0.15) is 0 Å². The molecular weight excluding hydrogens is 314 g/mol. The van der Waals surface area contributed by atoms with Crippen molar-refractivity contribution in [2.75, 3.05) is 19.6 Å². The summed E-state index contributed by atoms with van der Waals surface area (Å²) < 4.78 is 1.94. The number of aromatic nitrogens is 2. The highest BCUT2D eigenvalue weighted by Gasteiger charge is 2.22. The number of carbonyl (C=O) groups excluding carboxylic acids is 1. The Kier molecular flexibility index (Phi) is 6.06. The molecule has 0 radical (unpaired) electrons. The minimum absolute atomic E-state index is 0.101. The van der Waals surface area contributed by atoms with Crippen molar-refractivity contribution in [2.24, 2.45) is 0 Å². The van der Waals surface area contributed by atoms with Crippen LogP contribution in [0.15, 0.2) is 43.0 Å². The van der Waals surface area contributed by atoms with Crippen molar-refractivity contribution in [3.63, 3.8) is 0 Å². The van der Waals surface area contributed by atoms with Gasteiger partial charge in [0, 0.05) is 51.2 Å². The van der Waals surface area contributed by atoms with Gasteiger partial charge in [-0.05, 0) is 24.0 Å². The Labute approximate surface area is 149 Å². The summed E-state index contributed by atoms with van der Waals surface area (Å²) in [6.07, 6.45) is 7.49. The van der Waals surface area contributed by atoms with E-state index in [-0.39, 0.29) is 6.03 Å². The average molecular weight is 341 g/mol. The summed E-state index contributed by atoms with van der Waals surface area (Å²) in [7, 11) is 0. The number of hydrogen-bond acceptors (Lipinski definition) is 3. The molecule has 0 fully saturated rings. The first kappa shape index (κ1) is 17.5. The van der Waals surface area contributed by atoms with Crippen LogP contribution in [0.1, 0.15) is 24.5 Å². The van der Waals surface area contributed by atoms with Gasteiger partial charge in [-0.15, -0.1) is 0 Å². The minimum atomic E-state index is -0.101. The van der Waals surface area contributed by atoms with Crippen LogP contribution >= 0.6 is 0 Å². The van der Waals surface area contributed by atoms with Gasteiger partial charge >= 0.3 is 6.03 Å². The number of urea groups is 1. The fourth-order valence-electron chi connectivity index (χ4n) is 3.35. The Bertz CT molecular complexity index is 670. The molecule has 134 valence electrons. The summed E-state index contributed by atoms with van der Waals surface area (Å²) in [6.45, 7) is 6.21. The molecule has 2 heterocycles. The van der Waals surface area contributed by atoms with Gasteiger partial charge in [-0.25, -0.2) is 9.78 Å². The summed E-state index contributed by atoms with van der Waals surface area (Å²) in [6, 6.07) is 8.92. The van der Waals surface area contributed by atoms with Gasteiger partial charge in [0.1, 0.15) is 0 Å². The van der Waals surface area contributed by atoms with E-state index >= 15 is 0 Å². The van der Waals surface area contributed by atoms with Crippen molar-refractivity contribution in [1.82, 2.24) is 25.1 Å². The minimum Gasteiger partial charge on any atom is -0.337 e. The van der Waals surface area contributed by atoms with Crippen molar-refractivity contribution in [3.8, 4) is 0 Å². The molecule has 0 aliphatic carbocycles. The molecular formula is C19H27N5O. The third kappa shape index (κ3) is 4.82. The van der Waals surface area contributed by atoms with Crippen LogP contribution < -0.4 is 10.6 Å². The van der Waals surface area contributed by atoms with E-state index in [1.54, 1.807) is 12.5 Å². The average Bonchev–Trinajstić information content (AvgIpc) is 3.15. The van der Waals surface area contributed by atoms with E-state index in [4.69, 9.17) is 0 Å². The molecule has 6 heteroatoms. The maximum atomic E-state index is 12.0. The quantitative estimate of drug-likeness (QED) is 0.810. The molecule has 1 aliphatic heterocycles. The van der Waals surface area contributed by atoms with Gasteiger partial charge in [0.05, 0.1) is 6.33 Å². The van der Waals surface area contributed by atoms with E-state index in [9.17, 15) is 4.79 Å². The molecule has 1 atom stereocenters. The molecule has 1 aliphatic rings. The second-order valence-electron chi connectivity index (χ2n) is 6.49. The normalized spacial score (nSPS) is 15.4. The Morgan fingerprint density at radius 3 is 2.88 bits per heavy atom. The predicted octanol–water partition coefficient (Wildman–Crippen LogP) is 2.02. The molecule has 2 N–H and O–H groups in total. The van der Waals surface area contributed by atoms with Gasteiger partial charge in [-0.3, -0.25) is 4.90 Å². The molecule has 2 amide bonds. The largest absolute Gasteiger partial charge is 0.337 e. The van der Waals surface area contributed by atoms with E-state index in [2.05, 4.69) is 51.7 Å². The van der Waals surface area contributed by atoms with Gasteiger partial charge in [0.15, 0.2) is 0 Å². The summed E-state index contributed by atoms with van der Waals surface area (Å²) in [5.74, 6) is 0. The number of carbonyl (C=O) groups is 1. The van der Waals surface area contributed by atoms with Crippen LogP contribution in [0.3, 0.4) is 0 Å². The number of hydrogen-bond donors (Lipinski definition) is 2. The highest BCUT2D eigenvalue weighted by atomic mass is 16.2. The zero-order valence-corrected chi connectivity index (χ0v) is 14.8. The standard InChI is InChI=1S/C19H27N5O/c1-2-18(24-10-7-16-5-3-4-6-17(16)14-24)13-22-19(25)21-9-12-23-11-8-20-15-23/h3-6,8,11,15,18H,2,7,9-10,12-14H2,1H3,(H2,21,22,25)/t18-/m0/s1. The second kappa shape index (κ2) is 8.67. The van der Waals surface area contributed by atoms with E-state index in [1.165, 1.54) is 11.1 Å². The highest BCUT2D eigenvalue weighted by molar-refractivity contribution is 5.73. The molecule has 0 bridgehead atoms. The Morgan fingerprint density at radius 1 is 1.28 bits per heavy atom. The van der Waals surface area contributed by atoms with Gasteiger partial charge in [-0.1, -0.05) is 31.2 Å². The van der Waals surface area contributed by atoms with Crippen molar-refractivity contribution < 1.29 is 4.79 Å². The lowest BCUT2D eigenvalue weighted by molar-refractivity contribution is 0.169. The number of imidazole rings is 1. The number of rotatable bonds is 7. The Balaban J connectivity index is 1.42. The molecule has 0 saturated carbocycles. The van der Waals surface area contributed by atoms with E-state index in [1.807, 2.05) is 10.8 Å². The Hall–Kier alpha value is -2.34. The fraction of sp³-hybridized carbons (Fsp3) is 0.474. The molecule has 6 nitrogen and oxygen atoms in total. The van der Waals surface area contributed by atoms with Crippen LogP contribution in [0.4, 0.5) is 4.79 Å². The molecule has 0 spiro atoms. The third-order valence-electron chi connectivity index (χ3n) is 4.86. The highest BCUT2D eigenvalue weighted by Crippen LogP contribution is 2.21. The number of amides is 2. The van der Waals surface area contributed by atoms with Crippen LogP contribution in [-0.2, 0) is 19.5 Å². The molecule has 0 saturated heterocycles.